The predicted octanol–water partition coefficient (Wildman–Crippen LogP) is 2.27. The number of amides is 1. The van der Waals surface area contributed by atoms with E-state index in [2.05, 4.69) is 20.5 Å². The highest BCUT2D eigenvalue weighted by Gasteiger charge is 2.20. The number of nitrogens with one attached hydrogen (secondary N) is 1. The maximum Gasteiger partial charge on any atom is 0.233 e. The fraction of sp³-hybridized carbons (Fsp3) is 0.263. The van der Waals surface area contributed by atoms with Crippen molar-refractivity contribution in [2.75, 3.05) is 31.9 Å². The second-order valence-corrected chi connectivity index (χ2v) is 7.07. The van der Waals surface area contributed by atoms with Crippen molar-refractivity contribution >= 4 is 30.1 Å². The maximum absolute atomic E-state index is 12.5. The van der Waals surface area contributed by atoms with Gasteiger partial charge in [0.2, 0.25) is 5.91 Å². The van der Waals surface area contributed by atoms with Crippen molar-refractivity contribution in [1.82, 2.24) is 30.0 Å². The molecular weight excluding hydrogens is 396 g/mol. The molecule has 0 bridgehead atoms. The second kappa shape index (κ2) is 9.68. The minimum Gasteiger partial charge on any atom is -0.339 e. The highest BCUT2D eigenvalue weighted by molar-refractivity contribution is 7.99. The van der Waals surface area contributed by atoms with E-state index in [4.69, 9.17) is 0 Å². The third-order valence-electron chi connectivity index (χ3n) is 4.38. The first-order valence-electron chi connectivity index (χ1n) is 8.85. The fourth-order valence-corrected chi connectivity index (χ4v) is 3.85. The Kier molecular flexibility index (Phi) is 7.02. The number of benzene rings is 1. The molecule has 0 unspecified atom stereocenters. The smallest absolute Gasteiger partial charge is 0.233 e. The average molecular weight is 417 g/mol. The number of pyridine rings is 1. The Hall–Kier alpha value is -2.42. The van der Waals surface area contributed by atoms with E-state index in [1.807, 2.05) is 51.9 Å². The van der Waals surface area contributed by atoms with Crippen molar-refractivity contribution in [1.29, 1.82) is 0 Å². The van der Waals surface area contributed by atoms with E-state index in [1.54, 1.807) is 12.4 Å². The predicted molar refractivity (Wildman–Crippen MR) is 112 cm³/mol. The molecule has 7 nitrogen and oxygen atoms in total. The van der Waals surface area contributed by atoms with E-state index in [1.165, 1.54) is 11.8 Å². The van der Waals surface area contributed by atoms with Gasteiger partial charge in [0.15, 0.2) is 11.0 Å². The number of carbonyl (C=O) groups is 1. The molecule has 9 heteroatoms. The largest absolute Gasteiger partial charge is 0.339 e. The van der Waals surface area contributed by atoms with Crippen molar-refractivity contribution in [3.05, 3.63) is 54.9 Å². The van der Waals surface area contributed by atoms with Crippen LogP contribution in [0.4, 0.5) is 0 Å². The number of rotatable bonds is 5. The Morgan fingerprint density at radius 2 is 1.75 bits per heavy atom. The lowest BCUT2D eigenvalue weighted by atomic mass is 10.2. The third kappa shape index (κ3) is 4.52. The summed E-state index contributed by atoms with van der Waals surface area (Å²) in [6.07, 6.45) is 3.47. The standard InChI is InChI=1S/C19H20N6OS.ClH/c26-17(24-12-10-21-11-13-24)14-27-19-23-22-18(15-6-8-20-9-7-15)25(19)16-4-2-1-3-5-16;/h1-9,21H,10-14H2;1H. The molecule has 0 saturated carbocycles. The zero-order valence-corrected chi connectivity index (χ0v) is 16.8. The minimum atomic E-state index is 0. The fourth-order valence-electron chi connectivity index (χ4n) is 2.99. The van der Waals surface area contributed by atoms with Gasteiger partial charge in [-0.25, -0.2) is 0 Å². The monoisotopic (exact) mass is 416 g/mol. The van der Waals surface area contributed by atoms with Crippen LogP contribution in [0.5, 0.6) is 0 Å². The van der Waals surface area contributed by atoms with Gasteiger partial charge < -0.3 is 10.2 Å². The molecule has 3 heterocycles. The molecule has 2 aromatic heterocycles. The molecule has 1 saturated heterocycles. The lowest BCUT2D eigenvalue weighted by Crippen LogP contribution is -2.47. The normalized spacial score (nSPS) is 13.8. The first kappa shape index (κ1) is 20.3. The van der Waals surface area contributed by atoms with E-state index in [-0.39, 0.29) is 18.3 Å². The van der Waals surface area contributed by atoms with Crippen molar-refractivity contribution in [2.45, 2.75) is 5.16 Å². The molecule has 0 spiro atoms. The summed E-state index contributed by atoms with van der Waals surface area (Å²) in [6, 6.07) is 13.8. The zero-order valence-electron chi connectivity index (χ0n) is 15.2. The van der Waals surface area contributed by atoms with Gasteiger partial charge in [-0.2, -0.15) is 0 Å². The average Bonchev–Trinajstić information content (AvgIpc) is 3.18. The molecule has 4 rings (SSSR count). The van der Waals surface area contributed by atoms with Gasteiger partial charge in [-0.1, -0.05) is 30.0 Å². The molecule has 0 radical (unpaired) electrons. The minimum absolute atomic E-state index is 0. The molecule has 28 heavy (non-hydrogen) atoms. The van der Waals surface area contributed by atoms with Crippen LogP contribution in [0.15, 0.2) is 60.0 Å². The Balaban J connectivity index is 0.00000225. The molecule has 0 atom stereocenters. The molecule has 1 aromatic carbocycles. The summed E-state index contributed by atoms with van der Waals surface area (Å²) in [6.45, 7) is 3.21. The summed E-state index contributed by atoms with van der Waals surface area (Å²) in [5, 5.41) is 12.7. The molecule has 1 aliphatic rings. The molecule has 1 aliphatic heterocycles. The second-order valence-electron chi connectivity index (χ2n) is 6.13. The molecule has 1 amide bonds. The highest BCUT2D eigenvalue weighted by atomic mass is 35.5. The lowest BCUT2D eigenvalue weighted by molar-refractivity contribution is -0.128. The molecular formula is C19H21ClN6OS. The van der Waals surface area contributed by atoms with Crippen molar-refractivity contribution in [3.63, 3.8) is 0 Å². The van der Waals surface area contributed by atoms with Crippen LogP contribution in [0.2, 0.25) is 0 Å². The van der Waals surface area contributed by atoms with Gasteiger partial charge in [-0.05, 0) is 24.3 Å². The van der Waals surface area contributed by atoms with Gasteiger partial charge in [0.1, 0.15) is 0 Å². The number of thioether (sulfide) groups is 1. The van der Waals surface area contributed by atoms with Crippen LogP contribution in [-0.2, 0) is 4.79 Å². The van der Waals surface area contributed by atoms with Gasteiger partial charge in [0, 0.05) is 49.8 Å². The number of para-hydroxylation sites is 1. The van der Waals surface area contributed by atoms with Crippen LogP contribution in [-0.4, -0.2) is 62.5 Å². The van der Waals surface area contributed by atoms with E-state index in [0.717, 1.165) is 43.3 Å². The summed E-state index contributed by atoms with van der Waals surface area (Å²) >= 11 is 1.42. The van der Waals surface area contributed by atoms with Crippen LogP contribution in [0, 0.1) is 0 Å². The van der Waals surface area contributed by atoms with E-state index in [0.29, 0.717) is 10.9 Å². The van der Waals surface area contributed by atoms with Crippen LogP contribution in [0.1, 0.15) is 0 Å². The van der Waals surface area contributed by atoms with Gasteiger partial charge in [0.05, 0.1) is 5.75 Å². The number of halogens is 1. The highest BCUT2D eigenvalue weighted by Crippen LogP contribution is 2.27. The lowest BCUT2D eigenvalue weighted by Gasteiger charge is -2.27. The number of hydrogen-bond acceptors (Lipinski definition) is 6. The summed E-state index contributed by atoms with van der Waals surface area (Å²) in [4.78, 5) is 18.5. The van der Waals surface area contributed by atoms with Crippen LogP contribution in [0.25, 0.3) is 17.1 Å². The van der Waals surface area contributed by atoms with Crippen molar-refractivity contribution in [2.24, 2.45) is 0 Å². The molecule has 1 fully saturated rings. The van der Waals surface area contributed by atoms with Gasteiger partial charge in [-0.15, -0.1) is 22.6 Å². The van der Waals surface area contributed by atoms with Crippen molar-refractivity contribution in [3.8, 4) is 17.1 Å². The molecule has 1 N–H and O–H groups in total. The third-order valence-corrected chi connectivity index (χ3v) is 5.29. The van der Waals surface area contributed by atoms with Gasteiger partial charge in [0.25, 0.3) is 0 Å². The Morgan fingerprint density at radius 3 is 2.46 bits per heavy atom. The first-order chi connectivity index (χ1) is 13.3. The van der Waals surface area contributed by atoms with Gasteiger partial charge >= 0.3 is 0 Å². The van der Waals surface area contributed by atoms with E-state index >= 15 is 0 Å². The number of carbonyl (C=O) groups excluding carboxylic acids is 1. The topological polar surface area (TPSA) is 75.9 Å². The van der Waals surface area contributed by atoms with E-state index in [9.17, 15) is 4.79 Å². The SMILES string of the molecule is Cl.O=C(CSc1nnc(-c2ccncc2)n1-c1ccccc1)N1CCNCC1. The number of hydrogen-bond donors (Lipinski definition) is 1. The Morgan fingerprint density at radius 1 is 1.04 bits per heavy atom. The molecule has 3 aromatic rings. The van der Waals surface area contributed by atoms with E-state index < -0.39 is 0 Å². The number of nitrogens with zero attached hydrogens (tertiary/aromatic N) is 5. The first-order valence-corrected chi connectivity index (χ1v) is 9.84. The summed E-state index contributed by atoms with van der Waals surface area (Å²) in [7, 11) is 0. The number of aromatic nitrogens is 4. The van der Waals surface area contributed by atoms with Crippen LogP contribution >= 0.6 is 24.2 Å². The molecule has 0 aliphatic carbocycles. The Labute approximate surface area is 174 Å². The maximum atomic E-state index is 12.5. The Bertz CT molecular complexity index is 899. The molecule has 146 valence electrons. The zero-order chi connectivity index (χ0) is 18.5. The van der Waals surface area contributed by atoms with Crippen molar-refractivity contribution < 1.29 is 4.79 Å². The van der Waals surface area contributed by atoms with Crippen LogP contribution < -0.4 is 5.32 Å². The van der Waals surface area contributed by atoms with Crippen LogP contribution in [0.3, 0.4) is 0 Å². The quantitative estimate of drug-likeness (QED) is 0.643. The van der Waals surface area contributed by atoms with Gasteiger partial charge in [-0.3, -0.25) is 14.3 Å². The summed E-state index contributed by atoms with van der Waals surface area (Å²) in [5.74, 6) is 1.22. The summed E-state index contributed by atoms with van der Waals surface area (Å²) in [5.41, 5.74) is 1.90. The summed E-state index contributed by atoms with van der Waals surface area (Å²) < 4.78 is 1.99. The number of piperazine rings is 1.